The van der Waals surface area contributed by atoms with Gasteiger partial charge in [-0.1, -0.05) is 17.7 Å². The van der Waals surface area contributed by atoms with Gasteiger partial charge in [0.2, 0.25) is 10.0 Å². The predicted molar refractivity (Wildman–Crippen MR) is 109 cm³/mol. The number of nitrogens with one attached hydrogen (secondary N) is 1. The number of aromatic nitrogens is 1. The Bertz CT molecular complexity index is 1080. The van der Waals surface area contributed by atoms with Gasteiger partial charge in [-0.05, 0) is 63.2 Å². The van der Waals surface area contributed by atoms with Gasteiger partial charge < -0.3 is 4.57 Å². The molecule has 2 aromatic carbocycles. The molecule has 0 bridgehead atoms. The van der Waals surface area contributed by atoms with Gasteiger partial charge in [-0.2, -0.15) is 5.10 Å². The first-order chi connectivity index (χ1) is 12.8. The minimum atomic E-state index is -3.69. The maximum atomic E-state index is 11.3. The molecule has 27 heavy (non-hydrogen) atoms. The molecule has 0 aliphatic heterocycles. The summed E-state index contributed by atoms with van der Waals surface area (Å²) in [5, 5.41) is 9.35. The SMILES string of the molecule is Cc1ccc(-n2c(C)cc(/C=N/Nc3ccc(S(N)(=O)=O)cc3)c2C)cc1. The second kappa shape index (κ2) is 7.38. The van der Waals surface area contributed by atoms with Crippen molar-refractivity contribution in [1.82, 2.24) is 4.57 Å². The minimum absolute atomic E-state index is 0.0682. The van der Waals surface area contributed by atoms with Gasteiger partial charge in [-0.25, -0.2) is 13.6 Å². The third kappa shape index (κ3) is 4.27. The van der Waals surface area contributed by atoms with Gasteiger partial charge in [0.05, 0.1) is 16.8 Å². The smallest absolute Gasteiger partial charge is 0.238 e. The largest absolute Gasteiger partial charge is 0.318 e. The van der Waals surface area contributed by atoms with Gasteiger partial charge in [0.25, 0.3) is 0 Å². The highest BCUT2D eigenvalue weighted by Gasteiger charge is 2.09. The summed E-state index contributed by atoms with van der Waals surface area (Å²) in [6.07, 6.45) is 1.75. The Hall–Kier alpha value is -2.90. The van der Waals surface area contributed by atoms with E-state index < -0.39 is 10.0 Å². The van der Waals surface area contributed by atoms with Crippen molar-refractivity contribution in [3.8, 4) is 5.69 Å². The average molecular weight is 382 g/mol. The van der Waals surface area contributed by atoms with E-state index in [1.54, 1.807) is 18.3 Å². The monoisotopic (exact) mass is 382 g/mol. The zero-order chi connectivity index (χ0) is 19.6. The van der Waals surface area contributed by atoms with Crippen molar-refractivity contribution in [1.29, 1.82) is 0 Å². The maximum Gasteiger partial charge on any atom is 0.238 e. The molecule has 0 aliphatic rings. The van der Waals surface area contributed by atoms with Crippen molar-refractivity contribution in [2.24, 2.45) is 10.2 Å². The lowest BCUT2D eigenvalue weighted by molar-refractivity contribution is 0.598. The van der Waals surface area contributed by atoms with Crippen LogP contribution >= 0.6 is 0 Å². The Morgan fingerprint density at radius 2 is 1.63 bits per heavy atom. The van der Waals surface area contributed by atoms with Crippen LogP contribution in [0.5, 0.6) is 0 Å². The van der Waals surface area contributed by atoms with Crippen molar-refractivity contribution in [3.63, 3.8) is 0 Å². The van der Waals surface area contributed by atoms with Gasteiger partial charge in [-0.3, -0.25) is 5.43 Å². The number of hydrogen-bond acceptors (Lipinski definition) is 4. The predicted octanol–water partition coefficient (Wildman–Crippen LogP) is 3.50. The second-order valence-corrected chi connectivity index (χ2v) is 8.00. The number of primary sulfonamides is 1. The highest BCUT2D eigenvalue weighted by Crippen LogP contribution is 2.20. The molecule has 0 amide bonds. The summed E-state index contributed by atoms with van der Waals surface area (Å²) in [6, 6.07) is 16.6. The number of sulfonamides is 1. The van der Waals surface area contributed by atoms with E-state index in [1.807, 2.05) is 0 Å². The van der Waals surface area contributed by atoms with Crippen molar-refractivity contribution < 1.29 is 8.42 Å². The standard InChI is InChI=1S/C20H22N4O2S/c1-14-4-8-19(9-5-14)24-15(2)12-17(16(24)3)13-22-23-18-6-10-20(11-7-18)27(21,25)26/h4-13,23H,1-3H3,(H2,21,25,26)/b22-13+. The molecule has 3 N–H and O–H groups in total. The Balaban J connectivity index is 1.78. The zero-order valence-electron chi connectivity index (χ0n) is 15.5. The molecule has 1 heterocycles. The lowest BCUT2D eigenvalue weighted by atomic mass is 10.2. The second-order valence-electron chi connectivity index (χ2n) is 6.44. The molecule has 6 nitrogen and oxygen atoms in total. The molecule has 0 spiro atoms. The molecule has 0 aliphatic carbocycles. The lowest BCUT2D eigenvalue weighted by Crippen LogP contribution is -2.11. The molecule has 0 saturated carbocycles. The number of aryl methyl sites for hydroxylation is 2. The third-order valence-electron chi connectivity index (χ3n) is 4.34. The van der Waals surface area contributed by atoms with E-state index in [0.717, 1.165) is 22.6 Å². The molecule has 3 rings (SSSR count). The number of nitrogens with two attached hydrogens (primary N) is 1. The zero-order valence-corrected chi connectivity index (χ0v) is 16.3. The molecule has 1 aromatic heterocycles. The number of anilines is 1. The van der Waals surface area contributed by atoms with E-state index in [-0.39, 0.29) is 4.90 Å². The van der Waals surface area contributed by atoms with Crippen molar-refractivity contribution in [2.75, 3.05) is 5.43 Å². The molecule has 0 fully saturated rings. The fourth-order valence-corrected chi connectivity index (χ4v) is 3.42. The van der Waals surface area contributed by atoms with Gasteiger partial charge in [0, 0.05) is 22.6 Å². The Morgan fingerprint density at radius 1 is 1.00 bits per heavy atom. The lowest BCUT2D eigenvalue weighted by Gasteiger charge is -2.09. The van der Waals surface area contributed by atoms with Crippen molar-refractivity contribution >= 4 is 21.9 Å². The topological polar surface area (TPSA) is 89.5 Å². The summed E-state index contributed by atoms with van der Waals surface area (Å²) in [4.78, 5) is 0.0682. The van der Waals surface area contributed by atoms with Gasteiger partial charge in [-0.15, -0.1) is 0 Å². The molecule has 0 unspecified atom stereocenters. The van der Waals surface area contributed by atoms with Crippen LogP contribution < -0.4 is 10.6 Å². The Labute approximate surface area is 159 Å². The highest BCUT2D eigenvalue weighted by atomic mass is 32.2. The van der Waals surface area contributed by atoms with Crippen molar-refractivity contribution in [3.05, 3.63) is 77.1 Å². The van der Waals surface area contributed by atoms with Crippen LogP contribution in [0.2, 0.25) is 0 Å². The molecular formula is C20H22N4O2S. The third-order valence-corrected chi connectivity index (χ3v) is 5.27. The summed E-state index contributed by atoms with van der Waals surface area (Å²) in [6.45, 7) is 6.18. The van der Waals surface area contributed by atoms with Crippen LogP contribution in [0.25, 0.3) is 5.69 Å². The minimum Gasteiger partial charge on any atom is -0.318 e. The van der Waals surface area contributed by atoms with Crippen LogP contribution in [0.15, 0.2) is 64.6 Å². The molecule has 7 heteroatoms. The summed E-state index contributed by atoms with van der Waals surface area (Å²) >= 11 is 0. The number of hydrogen-bond donors (Lipinski definition) is 2. The van der Waals surface area contributed by atoms with E-state index in [9.17, 15) is 8.42 Å². The summed E-state index contributed by atoms with van der Waals surface area (Å²) in [5.74, 6) is 0. The number of nitrogens with zero attached hydrogens (tertiary/aromatic N) is 2. The molecule has 0 radical (unpaired) electrons. The van der Waals surface area contributed by atoms with Gasteiger partial charge >= 0.3 is 0 Å². The Morgan fingerprint density at radius 3 is 2.22 bits per heavy atom. The normalized spacial score (nSPS) is 11.9. The van der Waals surface area contributed by atoms with Gasteiger partial charge in [0.1, 0.15) is 0 Å². The first kappa shape index (κ1) is 18.9. The summed E-state index contributed by atoms with van der Waals surface area (Å²) in [5.41, 5.74) is 9.12. The van der Waals surface area contributed by atoms with Crippen LogP contribution in [0.1, 0.15) is 22.5 Å². The molecular weight excluding hydrogens is 360 g/mol. The summed E-state index contributed by atoms with van der Waals surface area (Å²) in [7, 11) is -3.69. The average Bonchev–Trinajstić information content (AvgIpc) is 2.89. The molecule has 0 atom stereocenters. The van der Waals surface area contributed by atoms with Crippen LogP contribution in [-0.4, -0.2) is 19.2 Å². The van der Waals surface area contributed by atoms with Gasteiger partial charge in [0.15, 0.2) is 0 Å². The maximum absolute atomic E-state index is 11.3. The fourth-order valence-electron chi connectivity index (χ4n) is 2.90. The number of benzene rings is 2. The quantitative estimate of drug-likeness (QED) is 0.523. The fraction of sp³-hybridized carbons (Fsp3) is 0.150. The highest BCUT2D eigenvalue weighted by molar-refractivity contribution is 7.89. The molecule has 0 saturated heterocycles. The van der Waals surface area contributed by atoms with E-state index in [2.05, 4.69) is 66.2 Å². The first-order valence-electron chi connectivity index (χ1n) is 8.43. The van der Waals surface area contributed by atoms with Crippen LogP contribution in [0.4, 0.5) is 5.69 Å². The van der Waals surface area contributed by atoms with Crippen molar-refractivity contribution in [2.45, 2.75) is 25.7 Å². The van der Waals surface area contributed by atoms with Crippen LogP contribution in [0.3, 0.4) is 0 Å². The van der Waals surface area contributed by atoms with Crippen LogP contribution in [0, 0.1) is 20.8 Å². The molecule has 140 valence electrons. The van der Waals surface area contributed by atoms with Crippen LogP contribution in [-0.2, 0) is 10.0 Å². The number of rotatable bonds is 5. The Kier molecular flexibility index (Phi) is 5.16. The van der Waals surface area contributed by atoms with E-state index >= 15 is 0 Å². The van der Waals surface area contributed by atoms with E-state index in [4.69, 9.17) is 5.14 Å². The molecule has 3 aromatic rings. The number of hydrazone groups is 1. The van der Waals surface area contributed by atoms with E-state index in [0.29, 0.717) is 5.69 Å². The summed E-state index contributed by atoms with van der Waals surface area (Å²) < 4.78 is 24.7. The van der Waals surface area contributed by atoms with E-state index in [1.165, 1.54) is 17.7 Å². The first-order valence-corrected chi connectivity index (χ1v) is 9.98.